The molecule has 0 N–H and O–H groups in total. The zero-order chi connectivity index (χ0) is 7.56. The van der Waals surface area contributed by atoms with E-state index in [0.717, 1.165) is 10.4 Å². The van der Waals surface area contributed by atoms with Gasteiger partial charge in [0.1, 0.15) is 4.60 Å². The SMILES string of the molecule is CN(C)c1ccc(Br)nn1. The van der Waals surface area contributed by atoms with Crippen molar-refractivity contribution in [1.82, 2.24) is 10.2 Å². The van der Waals surface area contributed by atoms with Gasteiger partial charge < -0.3 is 4.90 Å². The summed E-state index contributed by atoms with van der Waals surface area (Å²) in [6.45, 7) is 0. The van der Waals surface area contributed by atoms with Gasteiger partial charge in [-0.2, -0.15) is 0 Å². The van der Waals surface area contributed by atoms with Crippen molar-refractivity contribution < 1.29 is 0 Å². The Labute approximate surface area is 68.2 Å². The summed E-state index contributed by atoms with van der Waals surface area (Å²) in [7, 11) is 3.86. The highest BCUT2D eigenvalue weighted by Gasteiger charge is 1.94. The molecule has 0 aliphatic rings. The molecule has 0 unspecified atom stereocenters. The summed E-state index contributed by atoms with van der Waals surface area (Å²) in [6, 6.07) is 3.76. The number of nitrogens with zero attached hydrogens (tertiary/aromatic N) is 3. The predicted octanol–water partition coefficient (Wildman–Crippen LogP) is 1.31. The van der Waals surface area contributed by atoms with Crippen molar-refractivity contribution in [3.63, 3.8) is 0 Å². The number of hydrogen-bond donors (Lipinski definition) is 0. The second kappa shape index (κ2) is 2.96. The third kappa shape index (κ3) is 1.67. The van der Waals surface area contributed by atoms with Gasteiger partial charge in [-0.15, -0.1) is 10.2 Å². The van der Waals surface area contributed by atoms with Crippen LogP contribution in [0.25, 0.3) is 0 Å². The van der Waals surface area contributed by atoms with Crippen molar-refractivity contribution in [1.29, 1.82) is 0 Å². The lowest BCUT2D eigenvalue weighted by molar-refractivity contribution is 0.949. The number of rotatable bonds is 1. The normalized spacial score (nSPS) is 9.50. The van der Waals surface area contributed by atoms with Gasteiger partial charge in [-0.05, 0) is 28.1 Å². The Hall–Kier alpha value is -0.640. The van der Waals surface area contributed by atoms with Crippen molar-refractivity contribution in [2.24, 2.45) is 0 Å². The Balaban J connectivity index is 2.89. The molecule has 0 saturated heterocycles. The largest absolute Gasteiger partial charge is 0.361 e. The lowest BCUT2D eigenvalue weighted by Gasteiger charge is -2.08. The molecule has 0 aromatic carbocycles. The fraction of sp³-hybridized carbons (Fsp3) is 0.333. The van der Waals surface area contributed by atoms with Crippen LogP contribution >= 0.6 is 15.9 Å². The summed E-state index contributed by atoms with van der Waals surface area (Å²) in [5.41, 5.74) is 0. The van der Waals surface area contributed by atoms with E-state index in [9.17, 15) is 0 Å². The Bertz CT molecular complexity index is 207. The number of aromatic nitrogens is 2. The van der Waals surface area contributed by atoms with Crippen LogP contribution in [-0.2, 0) is 0 Å². The van der Waals surface area contributed by atoms with Gasteiger partial charge in [0.05, 0.1) is 0 Å². The Morgan fingerprint density at radius 2 is 2.00 bits per heavy atom. The minimum Gasteiger partial charge on any atom is -0.361 e. The molecule has 1 aromatic rings. The molecule has 3 nitrogen and oxygen atoms in total. The van der Waals surface area contributed by atoms with Crippen molar-refractivity contribution in [3.05, 3.63) is 16.7 Å². The van der Waals surface area contributed by atoms with Crippen LogP contribution in [0.5, 0.6) is 0 Å². The van der Waals surface area contributed by atoms with Crippen LogP contribution in [0.1, 0.15) is 0 Å². The molecule has 0 amide bonds. The highest BCUT2D eigenvalue weighted by molar-refractivity contribution is 9.10. The first-order chi connectivity index (χ1) is 4.70. The minimum absolute atomic E-state index is 0.762. The molecular formula is C6H8BrN3. The molecule has 54 valence electrons. The smallest absolute Gasteiger partial charge is 0.150 e. The van der Waals surface area contributed by atoms with Gasteiger partial charge in [0, 0.05) is 14.1 Å². The standard InChI is InChI=1S/C6H8BrN3/c1-10(2)6-4-3-5(7)8-9-6/h3-4H,1-2H3. The molecule has 0 saturated carbocycles. The van der Waals surface area contributed by atoms with E-state index >= 15 is 0 Å². The van der Waals surface area contributed by atoms with E-state index in [0.29, 0.717) is 0 Å². The van der Waals surface area contributed by atoms with E-state index in [4.69, 9.17) is 0 Å². The quantitative estimate of drug-likeness (QED) is 0.687. The summed E-state index contributed by atoms with van der Waals surface area (Å²) < 4.78 is 0.762. The fourth-order valence-corrected chi connectivity index (χ4v) is 0.759. The van der Waals surface area contributed by atoms with Crippen LogP contribution in [0.3, 0.4) is 0 Å². The topological polar surface area (TPSA) is 29.0 Å². The van der Waals surface area contributed by atoms with Crippen LogP contribution in [-0.4, -0.2) is 24.3 Å². The first-order valence-corrected chi connectivity index (χ1v) is 3.66. The summed E-state index contributed by atoms with van der Waals surface area (Å²) in [5.74, 6) is 0.864. The molecule has 1 heterocycles. The van der Waals surface area contributed by atoms with Crippen LogP contribution in [0.4, 0.5) is 5.82 Å². The highest BCUT2D eigenvalue weighted by Crippen LogP contribution is 2.08. The molecular weight excluding hydrogens is 194 g/mol. The maximum absolute atomic E-state index is 3.91. The summed E-state index contributed by atoms with van der Waals surface area (Å²) >= 11 is 3.20. The van der Waals surface area contributed by atoms with Gasteiger partial charge in [0.2, 0.25) is 0 Å². The highest BCUT2D eigenvalue weighted by atomic mass is 79.9. The lowest BCUT2D eigenvalue weighted by atomic mass is 10.5. The molecule has 0 atom stereocenters. The second-order valence-corrected chi connectivity index (χ2v) is 2.92. The molecule has 1 aromatic heterocycles. The Kier molecular flexibility index (Phi) is 2.21. The van der Waals surface area contributed by atoms with E-state index in [1.54, 1.807) is 0 Å². The molecule has 1 rings (SSSR count). The molecule has 0 fully saturated rings. The molecule has 0 bridgehead atoms. The van der Waals surface area contributed by atoms with E-state index in [1.165, 1.54) is 0 Å². The van der Waals surface area contributed by atoms with Crippen molar-refractivity contribution >= 4 is 21.7 Å². The van der Waals surface area contributed by atoms with Gasteiger partial charge in [-0.25, -0.2) is 0 Å². The molecule has 0 radical (unpaired) electrons. The van der Waals surface area contributed by atoms with Gasteiger partial charge in [0.15, 0.2) is 5.82 Å². The van der Waals surface area contributed by atoms with E-state index in [1.807, 2.05) is 31.1 Å². The van der Waals surface area contributed by atoms with Gasteiger partial charge in [-0.3, -0.25) is 0 Å². The van der Waals surface area contributed by atoms with Gasteiger partial charge in [0.25, 0.3) is 0 Å². The monoisotopic (exact) mass is 201 g/mol. The van der Waals surface area contributed by atoms with Gasteiger partial charge in [-0.1, -0.05) is 0 Å². The maximum atomic E-state index is 3.91. The minimum atomic E-state index is 0.762. The number of anilines is 1. The second-order valence-electron chi connectivity index (χ2n) is 2.11. The van der Waals surface area contributed by atoms with Crippen LogP contribution in [0.2, 0.25) is 0 Å². The third-order valence-electron chi connectivity index (χ3n) is 1.08. The molecule has 0 aliphatic carbocycles. The average Bonchev–Trinajstić information content (AvgIpc) is 1.88. The van der Waals surface area contributed by atoms with Crippen molar-refractivity contribution in [3.8, 4) is 0 Å². The van der Waals surface area contributed by atoms with Crippen LogP contribution in [0, 0.1) is 0 Å². The van der Waals surface area contributed by atoms with Crippen LogP contribution < -0.4 is 4.90 Å². The molecule has 4 heteroatoms. The number of hydrogen-bond acceptors (Lipinski definition) is 3. The number of halogens is 1. The Morgan fingerprint density at radius 3 is 2.40 bits per heavy atom. The van der Waals surface area contributed by atoms with Crippen molar-refractivity contribution in [2.45, 2.75) is 0 Å². The predicted molar refractivity (Wildman–Crippen MR) is 44.1 cm³/mol. The third-order valence-corrected chi connectivity index (χ3v) is 1.50. The van der Waals surface area contributed by atoms with Gasteiger partial charge >= 0.3 is 0 Å². The summed E-state index contributed by atoms with van der Waals surface area (Å²) in [5, 5.41) is 7.73. The zero-order valence-corrected chi connectivity index (χ0v) is 7.46. The van der Waals surface area contributed by atoms with E-state index in [2.05, 4.69) is 26.1 Å². The average molecular weight is 202 g/mol. The fourth-order valence-electron chi connectivity index (χ4n) is 0.547. The van der Waals surface area contributed by atoms with Crippen molar-refractivity contribution in [2.75, 3.05) is 19.0 Å². The first-order valence-electron chi connectivity index (χ1n) is 2.86. The molecule has 0 spiro atoms. The van der Waals surface area contributed by atoms with E-state index in [-0.39, 0.29) is 0 Å². The lowest BCUT2D eigenvalue weighted by Crippen LogP contribution is -2.10. The van der Waals surface area contributed by atoms with E-state index < -0.39 is 0 Å². The zero-order valence-electron chi connectivity index (χ0n) is 5.87. The first kappa shape index (κ1) is 7.47. The Morgan fingerprint density at radius 1 is 1.30 bits per heavy atom. The molecule has 0 aliphatic heterocycles. The maximum Gasteiger partial charge on any atom is 0.150 e. The van der Waals surface area contributed by atoms with Crippen LogP contribution in [0.15, 0.2) is 16.7 Å². The molecule has 10 heavy (non-hydrogen) atoms. The summed E-state index contributed by atoms with van der Waals surface area (Å²) in [4.78, 5) is 1.90. The summed E-state index contributed by atoms with van der Waals surface area (Å²) in [6.07, 6.45) is 0.